The van der Waals surface area contributed by atoms with E-state index in [0.29, 0.717) is 0 Å². The third-order valence-corrected chi connectivity index (χ3v) is 2.78. The van der Waals surface area contributed by atoms with E-state index in [4.69, 9.17) is 0 Å². The van der Waals surface area contributed by atoms with Crippen molar-refractivity contribution in [2.24, 2.45) is 0 Å². The normalized spacial score (nSPS) is 10.8. The fourth-order valence-corrected chi connectivity index (χ4v) is 1.96. The van der Waals surface area contributed by atoms with Crippen molar-refractivity contribution in [3.63, 3.8) is 0 Å². The van der Waals surface area contributed by atoms with Crippen LogP contribution in [0, 0.1) is 13.8 Å². The van der Waals surface area contributed by atoms with Crippen LogP contribution in [-0.4, -0.2) is 0 Å². The van der Waals surface area contributed by atoms with E-state index in [2.05, 4.69) is 51.1 Å². The molecule has 0 nitrogen and oxygen atoms in total. The summed E-state index contributed by atoms with van der Waals surface area (Å²) in [4.78, 5) is 0. The van der Waals surface area contributed by atoms with Gasteiger partial charge in [-0.05, 0) is 42.2 Å². The number of aryl methyl sites for hydroxylation is 3. The highest BCUT2D eigenvalue weighted by molar-refractivity contribution is 5.86. The highest BCUT2D eigenvalue weighted by Crippen LogP contribution is 2.22. The predicted octanol–water partition coefficient (Wildman–Crippen LogP) is 4.02. The van der Waals surface area contributed by atoms with Gasteiger partial charge in [-0.25, -0.2) is 0 Å². The molecule has 0 saturated heterocycles. The largest absolute Gasteiger partial charge is 0.0613 e. The topological polar surface area (TPSA) is 0 Å². The number of fused-ring (bicyclic) bond motifs is 1. The van der Waals surface area contributed by atoms with Gasteiger partial charge in [-0.3, -0.25) is 0 Å². The predicted molar refractivity (Wildman–Crippen MR) is 62.8 cm³/mol. The van der Waals surface area contributed by atoms with E-state index in [-0.39, 0.29) is 0 Å². The number of benzene rings is 2. The average Bonchev–Trinajstić information content (AvgIpc) is 2.16. The number of hydrogen-bond donors (Lipinski definition) is 0. The molecule has 0 N–H and O–H groups in total. The van der Waals surface area contributed by atoms with Crippen molar-refractivity contribution in [2.75, 3.05) is 0 Å². The van der Waals surface area contributed by atoms with Gasteiger partial charge in [-0.1, -0.05) is 42.8 Å². The molecule has 0 radical (unpaired) electrons. The lowest BCUT2D eigenvalue weighted by atomic mass is 9.99. The van der Waals surface area contributed by atoms with E-state index < -0.39 is 0 Å². The van der Waals surface area contributed by atoms with Crippen LogP contribution in [0.2, 0.25) is 0 Å². The second kappa shape index (κ2) is 3.45. The van der Waals surface area contributed by atoms with Crippen LogP contribution in [0.4, 0.5) is 0 Å². The summed E-state index contributed by atoms with van der Waals surface area (Å²) >= 11 is 0. The van der Waals surface area contributed by atoms with Crippen LogP contribution >= 0.6 is 0 Å². The first-order valence-corrected chi connectivity index (χ1v) is 5.20. The van der Waals surface area contributed by atoms with Crippen molar-refractivity contribution < 1.29 is 0 Å². The Bertz CT molecular complexity index is 467. The molecule has 2 aromatic carbocycles. The molecular weight excluding hydrogens is 168 g/mol. The van der Waals surface area contributed by atoms with Crippen molar-refractivity contribution in [2.45, 2.75) is 27.2 Å². The van der Waals surface area contributed by atoms with Crippen LogP contribution in [0.25, 0.3) is 10.8 Å². The van der Waals surface area contributed by atoms with Crippen LogP contribution in [0.1, 0.15) is 23.6 Å². The average molecular weight is 184 g/mol. The van der Waals surface area contributed by atoms with Crippen LogP contribution < -0.4 is 0 Å². The first-order chi connectivity index (χ1) is 6.70. The molecule has 0 fully saturated rings. The van der Waals surface area contributed by atoms with Gasteiger partial charge in [-0.15, -0.1) is 0 Å². The third-order valence-electron chi connectivity index (χ3n) is 2.78. The minimum Gasteiger partial charge on any atom is -0.0613 e. The third kappa shape index (κ3) is 1.52. The second-order valence-corrected chi connectivity index (χ2v) is 3.99. The van der Waals surface area contributed by atoms with Gasteiger partial charge in [0, 0.05) is 0 Å². The minimum atomic E-state index is 1.12. The van der Waals surface area contributed by atoms with Crippen molar-refractivity contribution in [1.82, 2.24) is 0 Å². The van der Waals surface area contributed by atoms with Gasteiger partial charge in [0.25, 0.3) is 0 Å². The van der Waals surface area contributed by atoms with Gasteiger partial charge in [-0.2, -0.15) is 0 Å². The molecule has 0 amide bonds. The van der Waals surface area contributed by atoms with E-state index in [0.717, 1.165) is 6.42 Å². The summed E-state index contributed by atoms with van der Waals surface area (Å²) in [5.41, 5.74) is 4.16. The van der Waals surface area contributed by atoms with Gasteiger partial charge in [0.1, 0.15) is 0 Å². The Morgan fingerprint density at radius 1 is 1.00 bits per heavy atom. The molecule has 0 spiro atoms. The molecule has 0 heteroatoms. The molecule has 0 aromatic heterocycles. The monoisotopic (exact) mass is 184 g/mol. The van der Waals surface area contributed by atoms with Crippen LogP contribution in [-0.2, 0) is 6.42 Å². The zero-order valence-corrected chi connectivity index (χ0v) is 9.09. The minimum absolute atomic E-state index is 1.12. The summed E-state index contributed by atoms with van der Waals surface area (Å²) < 4.78 is 0. The van der Waals surface area contributed by atoms with Gasteiger partial charge in [0.05, 0.1) is 0 Å². The molecule has 14 heavy (non-hydrogen) atoms. The summed E-state index contributed by atoms with van der Waals surface area (Å²) in [6.07, 6.45) is 1.12. The van der Waals surface area contributed by atoms with Crippen molar-refractivity contribution in [3.05, 3.63) is 47.0 Å². The molecule has 0 aliphatic carbocycles. The number of rotatable bonds is 1. The maximum atomic E-state index is 2.30. The van der Waals surface area contributed by atoms with Crippen LogP contribution in [0.5, 0.6) is 0 Å². The smallest absolute Gasteiger partial charge is 0.0154 e. The molecule has 0 aliphatic heterocycles. The second-order valence-electron chi connectivity index (χ2n) is 3.99. The van der Waals surface area contributed by atoms with Crippen molar-refractivity contribution in [3.8, 4) is 0 Å². The SMILES string of the molecule is CCc1cc(C)c2ccc(C)cc2c1. The summed E-state index contributed by atoms with van der Waals surface area (Å²) in [6, 6.07) is 11.3. The molecule has 0 saturated carbocycles. The summed E-state index contributed by atoms with van der Waals surface area (Å²) in [5.74, 6) is 0. The van der Waals surface area contributed by atoms with Gasteiger partial charge >= 0.3 is 0 Å². The van der Waals surface area contributed by atoms with Gasteiger partial charge in [0.15, 0.2) is 0 Å². The Morgan fingerprint density at radius 3 is 2.50 bits per heavy atom. The summed E-state index contributed by atoms with van der Waals surface area (Å²) in [6.45, 7) is 6.54. The molecule has 2 rings (SSSR count). The lowest BCUT2D eigenvalue weighted by Crippen LogP contribution is -1.85. The fourth-order valence-electron chi connectivity index (χ4n) is 1.96. The molecule has 0 atom stereocenters. The number of hydrogen-bond acceptors (Lipinski definition) is 0. The first kappa shape index (κ1) is 9.26. The zero-order chi connectivity index (χ0) is 10.1. The lowest BCUT2D eigenvalue weighted by Gasteiger charge is -2.06. The molecule has 0 bridgehead atoms. The Kier molecular flexibility index (Phi) is 2.28. The molecule has 0 aliphatic rings. The molecular formula is C14H16. The Labute approximate surface area is 85.6 Å². The van der Waals surface area contributed by atoms with E-state index in [1.54, 1.807) is 0 Å². The van der Waals surface area contributed by atoms with Crippen LogP contribution in [0.15, 0.2) is 30.3 Å². The van der Waals surface area contributed by atoms with Gasteiger partial charge < -0.3 is 0 Å². The van der Waals surface area contributed by atoms with E-state index in [1.165, 1.54) is 27.5 Å². The van der Waals surface area contributed by atoms with E-state index in [9.17, 15) is 0 Å². The quantitative estimate of drug-likeness (QED) is 0.628. The maximum Gasteiger partial charge on any atom is -0.0154 e. The molecule has 2 aromatic rings. The Hall–Kier alpha value is -1.30. The Morgan fingerprint density at radius 2 is 1.79 bits per heavy atom. The fraction of sp³-hybridized carbons (Fsp3) is 0.286. The highest BCUT2D eigenvalue weighted by atomic mass is 14.0. The lowest BCUT2D eigenvalue weighted by molar-refractivity contribution is 1.14. The van der Waals surface area contributed by atoms with Crippen molar-refractivity contribution in [1.29, 1.82) is 0 Å². The Balaban J connectivity index is 2.77. The molecule has 0 unspecified atom stereocenters. The first-order valence-electron chi connectivity index (χ1n) is 5.20. The van der Waals surface area contributed by atoms with Crippen LogP contribution in [0.3, 0.4) is 0 Å². The van der Waals surface area contributed by atoms with Gasteiger partial charge in [0.2, 0.25) is 0 Å². The van der Waals surface area contributed by atoms with E-state index >= 15 is 0 Å². The maximum absolute atomic E-state index is 2.30. The standard InChI is InChI=1S/C14H16/c1-4-12-8-11(3)14-6-5-10(2)7-13(14)9-12/h5-9H,4H2,1-3H3. The summed E-state index contributed by atoms with van der Waals surface area (Å²) in [5, 5.41) is 2.76. The zero-order valence-electron chi connectivity index (χ0n) is 9.09. The molecule has 72 valence electrons. The van der Waals surface area contributed by atoms with Crippen molar-refractivity contribution >= 4 is 10.8 Å². The highest BCUT2D eigenvalue weighted by Gasteiger charge is 1.99. The summed E-state index contributed by atoms with van der Waals surface area (Å²) in [7, 11) is 0. The van der Waals surface area contributed by atoms with E-state index in [1.807, 2.05) is 0 Å². The molecule has 0 heterocycles.